The van der Waals surface area contributed by atoms with E-state index in [4.69, 9.17) is 24.3 Å². The van der Waals surface area contributed by atoms with Crippen molar-refractivity contribution in [3.05, 3.63) is 87.9 Å². The van der Waals surface area contributed by atoms with Crippen LogP contribution in [0.2, 0.25) is 0 Å². The largest absolute Gasteiger partial charge is 0.493 e. The van der Waals surface area contributed by atoms with E-state index in [-0.39, 0.29) is 5.91 Å². The van der Waals surface area contributed by atoms with Gasteiger partial charge in [0, 0.05) is 16.5 Å². The summed E-state index contributed by atoms with van der Waals surface area (Å²) in [5, 5.41) is 11.4. The molecule has 2 aliphatic rings. The number of nitrogens with one attached hydrogen (secondary N) is 1. The molecule has 3 aromatic carbocycles. The molecule has 1 atom stereocenters. The molecule has 0 fully saturated rings. The molecular formula is C27H26N4O4S. The Morgan fingerprint density at radius 2 is 1.69 bits per heavy atom. The molecule has 2 heterocycles. The number of carbonyl (C=O) groups excluding carboxylic acids is 1. The Morgan fingerprint density at radius 3 is 2.42 bits per heavy atom. The van der Waals surface area contributed by atoms with Gasteiger partial charge in [-0.15, -0.1) is 5.10 Å². The maximum atomic E-state index is 13.4. The Bertz CT molecular complexity index is 1470. The van der Waals surface area contributed by atoms with E-state index in [1.54, 1.807) is 32.4 Å². The van der Waals surface area contributed by atoms with Crippen LogP contribution in [0.25, 0.3) is 5.70 Å². The minimum Gasteiger partial charge on any atom is -0.493 e. The van der Waals surface area contributed by atoms with Gasteiger partial charge in [0.25, 0.3) is 5.91 Å². The molecule has 9 heteroatoms. The summed E-state index contributed by atoms with van der Waals surface area (Å²) in [7, 11) is 4.69. The summed E-state index contributed by atoms with van der Waals surface area (Å²) in [6, 6.07) is 19.5. The number of hydrogen-bond acceptors (Lipinski definition) is 8. The van der Waals surface area contributed by atoms with Crippen LogP contribution in [-0.2, 0) is 10.5 Å². The fourth-order valence-corrected chi connectivity index (χ4v) is 5.07. The molecule has 0 saturated carbocycles. The van der Waals surface area contributed by atoms with Crippen molar-refractivity contribution in [2.75, 3.05) is 21.3 Å². The maximum Gasteiger partial charge on any atom is 0.276 e. The Labute approximate surface area is 213 Å². The van der Waals surface area contributed by atoms with Crippen LogP contribution in [-0.4, -0.2) is 37.4 Å². The number of para-hydroxylation sites is 1. The third-order valence-electron chi connectivity index (χ3n) is 6.02. The number of rotatable bonds is 6. The van der Waals surface area contributed by atoms with E-state index < -0.39 is 6.17 Å². The first-order valence-corrected chi connectivity index (χ1v) is 12.4. The number of amidine groups is 1. The van der Waals surface area contributed by atoms with E-state index in [0.717, 1.165) is 10.8 Å². The maximum absolute atomic E-state index is 13.4. The van der Waals surface area contributed by atoms with Gasteiger partial charge in [-0.25, -0.2) is 5.01 Å². The summed E-state index contributed by atoms with van der Waals surface area (Å²) in [6.07, 6.45) is -0.648. The lowest BCUT2D eigenvalue weighted by atomic mass is 10.1. The topological polar surface area (TPSA) is 84.8 Å². The Balaban J connectivity index is 1.61. The highest BCUT2D eigenvalue weighted by Crippen LogP contribution is 2.45. The molecule has 0 bridgehead atoms. The molecule has 36 heavy (non-hydrogen) atoms. The van der Waals surface area contributed by atoms with E-state index in [0.29, 0.717) is 44.8 Å². The van der Waals surface area contributed by atoms with Gasteiger partial charge in [0.05, 0.1) is 26.7 Å². The van der Waals surface area contributed by atoms with Crippen LogP contribution in [0.3, 0.4) is 0 Å². The first-order valence-electron chi connectivity index (χ1n) is 11.4. The normalized spacial score (nSPS) is 16.3. The SMILES string of the molecule is COc1ccc([C@@H]2N=c3ccccc3=C3C(=O)NC(SCc4ccc(C)cc4)=NN32)c(OC)c1OC. The predicted molar refractivity (Wildman–Crippen MR) is 139 cm³/mol. The summed E-state index contributed by atoms with van der Waals surface area (Å²) >= 11 is 1.46. The van der Waals surface area contributed by atoms with Gasteiger partial charge in [-0.1, -0.05) is 59.8 Å². The summed E-state index contributed by atoms with van der Waals surface area (Å²) in [4.78, 5) is 18.4. The van der Waals surface area contributed by atoms with Crippen molar-refractivity contribution in [1.29, 1.82) is 0 Å². The standard InChI is InChI=1S/C27H26N4O4S/c1-16-9-11-17(12-10-16)15-36-27-29-26(32)22-18-7-5-6-8-20(18)28-25(31(22)30-27)19-13-14-21(33-2)24(35-4)23(19)34-3/h5-14,25H,15H2,1-4H3,(H,29,30,32)/t25-/m1/s1. The Hall–Kier alpha value is -3.98. The Morgan fingerprint density at radius 1 is 0.944 bits per heavy atom. The Kier molecular flexibility index (Phi) is 6.56. The van der Waals surface area contributed by atoms with Crippen molar-refractivity contribution in [2.45, 2.75) is 18.8 Å². The molecule has 5 rings (SSSR count). The lowest BCUT2D eigenvalue weighted by molar-refractivity contribution is -0.116. The molecule has 0 aromatic heterocycles. The highest BCUT2D eigenvalue weighted by Gasteiger charge is 2.36. The molecule has 0 aliphatic carbocycles. The number of methoxy groups -OCH3 is 3. The minimum absolute atomic E-state index is 0.233. The van der Waals surface area contributed by atoms with Gasteiger partial charge in [0.2, 0.25) is 5.75 Å². The van der Waals surface area contributed by atoms with Gasteiger partial charge in [-0.05, 0) is 30.7 Å². The van der Waals surface area contributed by atoms with Crippen molar-refractivity contribution < 1.29 is 19.0 Å². The van der Waals surface area contributed by atoms with E-state index in [2.05, 4.69) is 36.5 Å². The number of hydrazone groups is 1. The number of thioether (sulfide) groups is 1. The number of benzene rings is 3. The highest BCUT2D eigenvalue weighted by molar-refractivity contribution is 8.13. The minimum atomic E-state index is -0.648. The molecule has 1 N–H and O–H groups in total. The number of hydrogen-bond donors (Lipinski definition) is 1. The number of aryl methyl sites for hydroxylation is 1. The summed E-state index contributed by atoms with van der Waals surface area (Å²) in [5.41, 5.74) is 3.47. The van der Waals surface area contributed by atoms with Crippen molar-refractivity contribution in [3.63, 3.8) is 0 Å². The van der Waals surface area contributed by atoms with Gasteiger partial charge in [0.15, 0.2) is 22.8 Å². The van der Waals surface area contributed by atoms with Crippen LogP contribution < -0.4 is 30.1 Å². The van der Waals surface area contributed by atoms with Crippen LogP contribution in [0.4, 0.5) is 0 Å². The van der Waals surface area contributed by atoms with Gasteiger partial charge in [-0.2, -0.15) is 0 Å². The fraction of sp³-hybridized carbons (Fsp3) is 0.222. The zero-order chi connectivity index (χ0) is 25.2. The third-order valence-corrected chi connectivity index (χ3v) is 6.96. The first-order chi connectivity index (χ1) is 17.5. The van der Waals surface area contributed by atoms with E-state index in [1.165, 1.54) is 17.3 Å². The van der Waals surface area contributed by atoms with Crippen molar-refractivity contribution in [1.82, 2.24) is 10.3 Å². The van der Waals surface area contributed by atoms with E-state index in [1.807, 2.05) is 30.3 Å². The van der Waals surface area contributed by atoms with Crippen LogP contribution >= 0.6 is 11.8 Å². The number of amides is 1. The second-order valence-electron chi connectivity index (χ2n) is 8.27. The summed E-state index contributed by atoms with van der Waals surface area (Å²) in [5.74, 6) is 1.89. The van der Waals surface area contributed by atoms with Gasteiger partial charge >= 0.3 is 0 Å². The first kappa shape index (κ1) is 23.7. The number of nitrogens with zero attached hydrogens (tertiary/aromatic N) is 3. The molecule has 0 unspecified atom stereocenters. The van der Waals surface area contributed by atoms with Crippen molar-refractivity contribution >= 4 is 28.5 Å². The quantitative estimate of drug-likeness (QED) is 0.558. The van der Waals surface area contributed by atoms with Crippen molar-refractivity contribution in [2.24, 2.45) is 10.1 Å². The van der Waals surface area contributed by atoms with Crippen LogP contribution in [0.1, 0.15) is 22.9 Å². The second-order valence-corrected chi connectivity index (χ2v) is 9.23. The van der Waals surface area contributed by atoms with Crippen LogP contribution in [0, 0.1) is 6.92 Å². The molecule has 3 aromatic rings. The molecule has 0 saturated heterocycles. The number of ether oxygens (including phenoxy) is 3. The summed E-state index contributed by atoms with van der Waals surface area (Å²) in [6.45, 7) is 2.06. The molecule has 184 valence electrons. The monoisotopic (exact) mass is 502 g/mol. The summed E-state index contributed by atoms with van der Waals surface area (Å²) < 4.78 is 16.8. The number of fused-ring (bicyclic) bond motifs is 2. The molecule has 0 radical (unpaired) electrons. The fourth-order valence-electron chi connectivity index (χ4n) is 4.26. The van der Waals surface area contributed by atoms with Gasteiger partial charge < -0.3 is 14.2 Å². The van der Waals surface area contributed by atoms with Crippen LogP contribution in [0.5, 0.6) is 17.2 Å². The average molecular weight is 503 g/mol. The van der Waals surface area contributed by atoms with E-state index >= 15 is 0 Å². The average Bonchev–Trinajstić information content (AvgIpc) is 2.91. The molecular weight excluding hydrogens is 476 g/mol. The van der Waals surface area contributed by atoms with Crippen LogP contribution in [0.15, 0.2) is 70.8 Å². The predicted octanol–water partition coefficient (Wildman–Crippen LogP) is 3.10. The lowest BCUT2D eigenvalue weighted by Gasteiger charge is -2.34. The highest BCUT2D eigenvalue weighted by atomic mass is 32.2. The smallest absolute Gasteiger partial charge is 0.276 e. The van der Waals surface area contributed by atoms with Gasteiger partial charge in [0.1, 0.15) is 5.70 Å². The van der Waals surface area contributed by atoms with E-state index in [9.17, 15) is 4.79 Å². The lowest BCUT2D eigenvalue weighted by Crippen LogP contribution is -2.50. The molecule has 8 nitrogen and oxygen atoms in total. The zero-order valence-electron chi connectivity index (χ0n) is 20.4. The number of carbonyl (C=O) groups is 1. The third kappa shape index (κ3) is 4.26. The molecule has 2 aliphatic heterocycles. The van der Waals surface area contributed by atoms with Gasteiger partial charge in [-0.3, -0.25) is 15.1 Å². The second kappa shape index (κ2) is 9.94. The molecule has 0 spiro atoms. The van der Waals surface area contributed by atoms with Crippen molar-refractivity contribution in [3.8, 4) is 17.2 Å². The molecule has 1 amide bonds. The zero-order valence-corrected chi connectivity index (χ0v) is 21.3.